The molecule has 1 aliphatic rings. The van der Waals surface area contributed by atoms with E-state index in [4.69, 9.17) is 9.26 Å². The van der Waals surface area contributed by atoms with E-state index in [0.717, 1.165) is 11.3 Å². The molecule has 0 bridgehead atoms. The molecular formula is C22H23FN4O3. The first-order valence-corrected chi connectivity index (χ1v) is 9.78. The Hall–Kier alpha value is -3.26. The Balaban J connectivity index is 1.34. The molecule has 7 nitrogen and oxygen atoms in total. The summed E-state index contributed by atoms with van der Waals surface area (Å²) >= 11 is 0. The topological polar surface area (TPSA) is 71.7 Å². The highest BCUT2D eigenvalue weighted by molar-refractivity contribution is 5.94. The number of halogens is 1. The number of aryl methyl sites for hydroxylation is 1. The molecule has 30 heavy (non-hydrogen) atoms. The minimum atomic E-state index is -0.359. The van der Waals surface area contributed by atoms with E-state index >= 15 is 0 Å². The lowest BCUT2D eigenvalue weighted by Gasteiger charge is -2.34. The van der Waals surface area contributed by atoms with Gasteiger partial charge >= 0.3 is 0 Å². The third-order valence-corrected chi connectivity index (χ3v) is 5.23. The van der Waals surface area contributed by atoms with E-state index in [1.54, 1.807) is 31.1 Å². The fraction of sp³-hybridized carbons (Fsp3) is 0.318. The van der Waals surface area contributed by atoms with Crippen LogP contribution in [0.25, 0.3) is 11.4 Å². The zero-order valence-corrected chi connectivity index (χ0v) is 17.0. The molecule has 2 heterocycles. The van der Waals surface area contributed by atoms with Crippen LogP contribution >= 0.6 is 0 Å². The van der Waals surface area contributed by atoms with Crippen LogP contribution in [0.1, 0.15) is 21.8 Å². The molecule has 2 aromatic carbocycles. The van der Waals surface area contributed by atoms with E-state index < -0.39 is 0 Å². The summed E-state index contributed by atoms with van der Waals surface area (Å²) < 4.78 is 24.4. The Kier molecular flexibility index (Phi) is 5.76. The largest absolute Gasteiger partial charge is 0.497 e. The number of nitrogens with zero attached hydrogens (tertiary/aromatic N) is 4. The molecule has 1 saturated heterocycles. The average molecular weight is 410 g/mol. The summed E-state index contributed by atoms with van der Waals surface area (Å²) in [6, 6.07) is 12.1. The molecule has 0 saturated carbocycles. The quantitative estimate of drug-likeness (QED) is 0.644. The molecule has 1 amide bonds. The summed E-state index contributed by atoms with van der Waals surface area (Å²) in [6.45, 7) is 4.67. The van der Waals surface area contributed by atoms with Crippen molar-refractivity contribution in [2.45, 2.75) is 13.5 Å². The Labute approximate surface area is 174 Å². The Bertz CT molecular complexity index is 1040. The van der Waals surface area contributed by atoms with E-state index in [1.807, 2.05) is 24.3 Å². The average Bonchev–Trinajstić information content (AvgIpc) is 3.24. The van der Waals surface area contributed by atoms with Crippen LogP contribution in [0.5, 0.6) is 5.75 Å². The van der Waals surface area contributed by atoms with Gasteiger partial charge in [-0.25, -0.2) is 4.39 Å². The van der Waals surface area contributed by atoms with Crippen molar-refractivity contribution in [2.24, 2.45) is 0 Å². The molecular weight excluding hydrogens is 387 g/mol. The van der Waals surface area contributed by atoms with Gasteiger partial charge in [-0.1, -0.05) is 23.4 Å². The number of ether oxygens (including phenoxy) is 1. The van der Waals surface area contributed by atoms with Crippen molar-refractivity contribution in [2.75, 3.05) is 33.3 Å². The van der Waals surface area contributed by atoms with Gasteiger partial charge in [-0.15, -0.1) is 0 Å². The van der Waals surface area contributed by atoms with Gasteiger partial charge in [0, 0.05) is 37.3 Å². The molecule has 1 aliphatic heterocycles. The summed E-state index contributed by atoms with van der Waals surface area (Å²) in [5, 5.41) is 4.06. The van der Waals surface area contributed by atoms with Crippen LogP contribution in [0.15, 0.2) is 47.0 Å². The fourth-order valence-corrected chi connectivity index (χ4v) is 3.41. The van der Waals surface area contributed by atoms with Crippen LogP contribution < -0.4 is 4.74 Å². The third kappa shape index (κ3) is 4.33. The number of rotatable bonds is 5. The van der Waals surface area contributed by atoms with Crippen molar-refractivity contribution in [3.8, 4) is 17.1 Å². The number of amides is 1. The molecule has 0 spiro atoms. The highest BCUT2D eigenvalue weighted by Crippen LogP contribution is 2.22. The second kappa shape index (κ2) is 8.62. The predicted molar refractivity (Wildman–Crippen MR) is 109 cm³/mol. The first-order chi connectivity index (χ1) is 14.5. The number of carbonyl (C=O) groups excluding carboxylic acids is 1. The van der Waals surface area contributed by atoms with Gasteiger partial charge in [0.05, 0.1) is 13.7 Å². The maximum Gasteiger partial charge on any atom is 0.254 e. The smallest absolute Gasteiger partial charge is 0.254 e. The maximum absolute atomic E-state index is 13.8. The maximum atomic E-state index is 13.8. The van der Waals surface area contributed by atoms with Crippen molar-refractivity contribution in [3.05, 3.63) is 65.3 Å². The van der Waals surface area contributed by atoms with Gasteiger partial charge in [-0.05, 0) is 36.8 Å². The third-order valence-electron chi connectivity index (χ3n) is 5.23. The van der Waals surface area contributed by atoms with Crippen LogP contribution in [0.2, 0.25) is 0 Å². The number of aromatic nitrogens is 2. The molecule has 8 heteroatoms. The van der Waals surface area contributed by atoms with Gasteiger partial charge in [-0.3, -0.25) is 9.69 Å². The van der Waals surface area contributed by atoms with E-state index in [2.05, 4.69) is 15.0 Å². The van der Waals surface area contributed by atoms with Gasteiger partial charge in [-0.2, -0.15) is 4.98 Å². The van der Waals surface area contributed by atoms with Crippen molar-refractivity contribution < 1.29 is 18.4 Å². The van der Waals surface area contributed by atoms with E-state index in [-0.39, 0.29) is 11.7 Å². The number of carbonyl (C=O) groups is 1. The molecule has 3 aromatic rings. The van der Waals surface area contributed by atoms with Crippen LogP contribution in [0, 0.1) is 12.7 Å². The zero-order valence-electron chi connectivity index (χ0n) is 17.0. The molecule has 0 N–H and O–H groups in total. The summed E-state index contributed by atoms with van der Waals surface area (Å²) in [6.07, 6.45) is 0. The van der Waals surface area contributed by atoms with Crippen LogP contribution in [0.3, 0.4) is 0 Å². The minimum Gasteiger partial charge on any atom is -0.497 e. The molecule has 0 radical (unpaired) electrons. The Morgan fingerprint density at radius 2 is 1.97 bits per heavy atom. The lowest BCUT2D eigenvalue weighted by molar-refractivity contribution is 0.0614. The lowest BCUT2D eigenvalue weighted by Crippen LogP contribution is -2.48. The van der Waals surface area contributed by atoms with E-state index in [9.17, 15) is 9.18 Å². The first kappa shape index (κ1) is 20.0. The molecule has 0 aliphatic carbocycles. The molecule has 1 aromatic heterocycles. The summed E-state index contributed by atoms with van der Waals surface area (Å²) in [5.74, 6) is 1.26. The van der Waals surface area contributed by atoms with Crippen LogP contribution in [0.4, 0.5) is 4.39 Å². The number of hydrogen-bond acceptors (Lipinski definition) is 6. The van der Waals surface area contributed by atoms with Gasteiger partial charge in [0.2, 0.25) is 11.7 Å². The molecule has 0 atom stereocenters. The number of piperazine rings is 1. The molecule has 1 fully saturated rings. The van der Waals surface area contributed by atoms with E-state index in [0.29, 0.717) is 55.6 Å². The van der Waals surface area contributed by atoms with Crippen molar-refractivity contribution >= 4 is 5.91 Å². The molecule has 156 valence electrons. The Morgan fingerprint density at radius 3 is 2.70 bits per heavy atom. The zero-order chi connectivity index (χ0) is 21.1. The summed E-state index contributed by atoms with van der Waals surface area (Å²) in [4.78, 5) is 21.0. The highest BCUT2D eigenvalue weighted by atomic mass is 19.1. The van der Waals surface area contributed by atoms with Crippen LogP contribution in [-0.4, -0.2) is 59.1 Å². The van der Waals surface area contributed by atoms with Crippen molar-refractivity contribution in [3.63, 3.8) is 0 Å². The SMILES string of the molecule is COc1cccc(-c2noc(CN3CCN(C(=O)c4ccc(C)c(F)c4)CC3)n2)c1. The highest BCUT2D eigenvalue weighted by Gasteiger charge is 2.24. The van der Waals surface area contributed by atoms with E-state index in [1.165, 1.54) is 6.07 Å². The van der Waals surface area contributed by atoms with Gasteiger partial charge in [0.25, 0.3) is 5.91 Å². The number of methoxy groups -OCH3 is 1. The number of hydrogen-bond donors (Lipinski definition) is 0. The first-order valence-electron chi connectivity index (χ1n) is 9.78. The summed E-state index contributed by atoms with van der Waals surface area (Å²) in [5.41, 5.74) is 1.74. The van der Waals surface area contributed by atoms with Crippen molar-refractivity contribution in [1.29, 1.82) is 0 Å². The lowest BCUT2D eigenvalue weighted by atomic mass is 10.1. The summed E-state index contributed by atoms with van der Waals surface area (Å²) in [7, 11) is 1.61. The second-order valence-corrected chi connectivity index (χ2v) is 7.28. The number of benzene rings is 2. The Morgan fingerprint density at radius 1 is 1.17 bits per heavy atom. The van der Waals surface area contributed by atoms with Gasteiger partial charge < -0.3 is 14.2 Å². The van der Waals surface area contributed by atoms with Gasteiger partial charge in [0.15, 0.2) is 0 Å². The standard InChI is InChI=1S/C22H23FN4O3/c1-15-6-7-17(13-19(15)23)22(28)27-10-8-26(9-11-27)14-20-24-21(25-30-20)16-4-3-5-18(12-16)29-2/h3-7,12-13H,8-11,14H2,1-2H3. The van der Waals surface area contributed by atoms with Crippen LogP contribution in [-0.2, 0) is 6.54 Å². The molecule has 0 unspecified atom stereocenters. The molecule has 4 rings (SSSR count). The fourth-order valence-electron chi connectivity index (χ4n) is 3.41. The second-order valence-electron chi connectivity index (χ2n) is 7.28. The monoisotopic (exact) mass is 410 g/mol. The minimum absolute atomic E-state index is 0.147. The normalized spacial score (nSPS) is 14.7. The van der Waals surface area contributed by atoms with Crippen molar-refractivity contribution in [1.82, 2.24) is 19.9 Å². The van der Waals surface area contributed by atoms with Gasteiger partial charge in [0.1, 0.15) is 11.6 Å². The predicted octanol–water partition coefficient (Wildman–Crippen LogP) is 3.15.